The first-order chi connectivity index (χ1) is 8.04. The third kappa shape index (κ3) is 2.07. The van der Waals surface area contributed by atoms with Gasteiger partial charge in [-0.15, -0.1) is 0 Å². The molecule has 2 aromatic heterocycles. The van der Waals surface area contributed by atoms with Crippen LogP contribution in [-0.2, 0) is 0 Å². The second-order valence-corrected chi connectivity index (χ2v) is 4.90. The van der Waals surface area contributed by atoms with Crippen LogP contribution >= 0.6 is 0 Å². The van der Waals surface area contributed by atoms with E-state index in [4.69, 9.17) is 0 Å². The number of hydrogen-bond acceptors (Lipinski definition) is 2. The maximum atomic E-state index is 10.2. The highest BCUT2D eigenvalue weighted by atomic mass is 16.3. The van der Waals surface area contributed by atoms with Crippen molar-refractivity contribution in [2.24, 2.45) is 0 Å². The summed E-state index contributed by atoms with van der Waals surface area (Å²) in [6, 6.07) is 4.06. The number of rotatable bonds is 3. The molecule has 0 aliphatic heterocycles. The third-order valence-electron chi connectivity index (χ3n) is 3.08. The number of hydrogen-bond donors (Lipinski definition) is 1. The number of aliphatic hydroxyl groups excluding tert-OH is 1. The van der Waals surface area contributed by atoms with Gasteiger partial charge in [-0.3, -0.25) is 0 Å². The molecule has 1 atom stereocenters. The van der Waals surface area contributed by atoms with Gasteiger partial charge < -0.3 is 9.51 Å². The second kappa shape index (κ2) is 4.49. The van der Waals surface area contributed by atoms with E-state index >= 15 is 0 Å². The molecule has 1 unspecified atom stereocenters. The smallest absolute Gasteiger partial charge is 0.137 e. The number of aryl methyl sites for hydroxylation is 1. The van der Waals surface area contributed by atoms with Crippen LogP contribution in [0.1, 0.15) is 56.2 Å². The molecule has 3 heteroatoms. The van der Waals surface area contributed by atoms with Crippen LogP contribution in [-0.4, -0.2) is 14.5 Å². The first-order valence-electron chi connectivity index (χ1n) is 6.21. The molecule has 2 aromatic rings. The molecule has 0 aliphatic carbocycles. The molecule has 0 bridgehead atoms. The van der Waals surface area contributed by atoms with Gasteiger partial charge in [-0.25, -0.2) is 4.98 Å². The lowest BCUT2D eigenvalue weighted by molar-refractivity contribution is 0.166. The maximum absolute atomic E-state index is 10.2. The summed E-state index contributed by atoms with van der Waals surface area (Å²) in [5, 5.41) is 10.2. The summed E-state index contributed by atoms with van der Waals surface area (Å²) in [5.74, 6) is 0.325. The van der Waals surface area contributed by atoms with Gasteiger partial charge in [-0.2, -0.15) is 0 Å². The first-order valence-corrected chi connectivity index (χ1v) is 6.21. The molecule has 3 nitrogen and oxygen atoms in total. The fraction of sp³-hybridized carbons (Fsp3) is 0.500. The van der Waals surface area contributed by atoms with Gasteiger partial charge in [0.2, 0.25) is 0 Å². The van der Waals surface area contributed by atoms with Crippen LogP contribution in [0.25, 0.3) is 5.65 Å². The molecular weight excluding hydrogens is 212 g/mol. The predicted molar refractivity (Wildman–Crippen MR) is 69.3 cm³/mol. The van der Waals surface area contributed by atoms with Gasteiger partial charge in [0.1, 0.15) is 5.65 Å². The Morgan fingerprint density at radius 2 is 2.06 bits per heavy atom. The molecule has 2 rings (SSSR count). The lowest BCUT2D eigenvalue weighted by Gasteiger charge is -2.12. The maximum Gasteiger partial charge on any atom is 0.137 e. The summed E-state index contributed by atoms with van der Waals surface area (Å²) < 4.78 is 2.03. The standard InChI is InChI=1S/C14H20N2O/c1-5-11(17)14-13(9(2)3)15-12-7-6-10(4)8-16(12)14/h6-9,11,17H,5H2,1-4H3. The number of aromatic nitrogens is 2. The van der Waals surface area contributed by atoms with Crippen molar-refractivity contribution in [2.45, 2.75) is 46.1 Å². The number of nitrogens with zero attached hydrogens (tertiary/aromatic N) is 2. The van der Waals surface area contributed by atoms with E-state index in [-0.39, 0.29) is 0 Å². The largest absolute Gasteiger partial charge is 0.387 e. The van der Waals surface area contributed by atoms with Crippen molar-refractivity contribution in [2.75, 3.05) is 0 Å². The Labute approximate surface area is 102 Å². The highest BCUT2D eigenvalue weighted by Gasteiger charge is 2.20. The summed E-state index contributed by atoms with van der Waals surface area (Å²) in [7, 11) is 0. The van der Waals surface area contributed by atoms with Crippen molar-refractivity contribution in [1.82, 2.24) is 9.38 Å². The van der Waals surface area contributed by atoms with Gasteiger partial charge in [0, 0.05) is 6.20 Å². The van der Waals surface area contributed by atoms with Crippen LogP contribution in [0, 0.1) is 6.92 Å². The van der Waals surface area contributed by atoms with Crippen LogP contribution in [0.5, 0.6) is 0 Å². The Morgan fingerprint density at radius 3 is 2.65 bits per heavy atom. The van der Waals surface area contributed by atoms with E-state index < -0.39 is 6.10 Å². The van der Waals surface area contributed by atoms with Gasteiger partial charge in [-0.05, 0) is 30.9 Å². The Kier molecular flexibility index (Phi) is 3.20. The number of aliphatic hydroxyl groups is 1. The summed E-state index contributed by atoms with van der Waals surface area (Å²) in [5.41, 5.74) is 4.04. The van der Waals surface area contributed by atoms with Crippen LogP contribution in [0.4, 0.5) is 0 Å². The van der Waals surface area contributed by atoms with Crippen LogP contribution in [0.15, 0.2) is 18.3 Å². The van der Waals surface area contributed by atoms with Crippen molar-refractivity contribution in [3.63, 3.8) is 0 Å². The third-order valence-corrected chi connectivity index (χ3v) is 3.08. The van der Waals surface area contributed by atoms with Crippen LogP contribution in [0.3, 0.4) is 0 Å². The molecule has 0 spiro atoms. The van der Waals surface area contributed by atoms with E-state index in [1.807, 2.05) is 23.6 Å². The quantitative estimate of drug-likeness (QED) is 0.882. The minimum Gasteiger partial charge on any atom is -0.387 e. The lowest BCUT2D eigenvalue weighted by Crippen LogP contribution is -2.05. The summed E-state index contributed by atoms with van der Waals surface area (Å²) >= 11 is 0. The Hall–Kier alpha value is -1.35. The number of fused-ring (bicyclic) bond motifs is 1. The molecule has 0 fully saturated rings. The van der Waals surface area contributed by atoms with Crippen LogP contribution < -0.4 is 0 Å². The monoisotopic (exact) mass is 232 g/mol. The summed E-state index contributed by atoms with van der Waals surface area (Å²) in [6.45, 7) is 8.27. The molecular formula is C14H20N2O. The van der Waals surface area contributed by atoms with E-state index in [1.165, 1.54) is 5.56 Å². The zero-order valence-corrected chi connectivity index (χ0v) is 10.9. The van der Waals surface area contributed by atoms with Crippen molar-refractivity contribution in [3.8, 4) is 0 Å². The molecule has 0 radical (unpaired) electrons. The van der Waals surface area contributed by atoms with Crippen molar-refractivity contribution in [1.29, 1.82) is 0 Å². The molecule has 92 valence electrons. The average molecular weight is 232 g/mol. The van der Waals surface area contributed by atoms with Crippen molar-refractivity contribution in [3.05, 3.63) is 35.3 Å². The summed E-state index contributed by atoms with van der Waals surface area (Å²) in [6.07, 6.45) is 2.31. The zero-order valence-electron chi connectivity index (χ0n) is 10.9. The number of pyridine rings is 1. The predicted octanol–water partition coefficient (Wildman–Crippen LogP) is 3.21. The van der Waals surface area contributed by atoms with Gasteiger partial charge in [0.05, 0.1) is 17.5 Å². The summed E-state index contributed by atoms with van der Waals surface area (Å²) in [4.78, 5) is 4.63. The Bertz CT molecular complexity index is 528. The van der Waals surface area contributed by atoms with Crippen LogP contribution in [0.2, 0.25) is 0 Å². The van der Waals surface area contributed by atoms with Gasteiger partial charge >= 0.3 is 0 Å². The first kappa shape index (κ1) is 12.1. The van der Waals surface area contributed by atoms with E-state index in [2.05, 4.69) is 31.8 Å². The fourth-order valence-corrected chi connectivity index (χ4v) is 2.14. The van der Waals surface area contributed by atoms with E-state index in [9.17, 15) is 5.11 Å². The minimum atomic E-state index is -0.441. The Balaban J connectivity index is 2.73. The topological polar surface area (TPSA) is 37.5 Å². The minimum absolute atomic E-state index is 0.325. The SMILES string of the molecule is CCC(O)c1c(C(C)C)nc2ccc(C)cn12. The van der Waals surface area contributed by atoms with Crippen molar-refractivity contribution >= 4 is 5.65 Å². The number of imidazole rings is 1. The highest BCUT2D eigenvalue weighted by Crippen LogP contribution is 2.27. The molecule has 2 heterocycles. The molecule has 1 N–H and O–H groups in total. The second-order valence-electron chi connectivity index (χ2n) is 4.90. The molecule has 0 saturated carbocycles. The molecule has 0 saturated heterocycles. The van der Waals surface area contributed by atoms with Gasteiger partial charge in [0.15, 0.2) is 0 Å². The van der Waals surface area contributed by atoms with E-state index in [0.29, 0.717) is 12.3 Å². The van der Waals surface area contributed by atoms with E-state index in [0.717, 1.165) is 17.0 Å². The van der Waals surface area contributed by atoms with Gasteiger partial charge in [0.25, 0.3) is 0 Å². The molecule has 0 amide bonds. The highest BCUT2D eigenvalue weighted by molar-refractivity contribution is 5.46. The average Bonchev–Trinajstić information content (AvgIpc) is 2.66. The van der Waals surface area contributed by atoms with Gasteiger partial charge in [-0.1, -0.05) is 26.8 Å². The lowest BCUT2D eigenvalue weighted by atomic mass is 10.0. The fourth-order valence-electron chi connectivity index (χ4n) is 2.14. The Morgan fingerprint density at radius 1 is 1.35 bits per heavy atom. The molecule has 0 aromatic carbocycles. The molecule has 0 aliphatic rings. The normalized spacial score (nSPS) is 13.5. The van der Waals surface area contributed by atoms with E-state index in [1.54, 1.807) is 0 Å². The molecule has 17 heavy (non-hydrogen) atoms. The zero-order chi connectivity index (χ0) is 12.6. The van der Waals surface area contributed by atoms with Crippen molar-refractivity contribution < 1.29 is 5.11 Å².